The Morgan fingerprint density at radius 1 is 1.14 bits per heavy atom. The van der Waals surface area contributed by atoms with Crippen LogP contribution < -0.4 is 14.1 Å². The Kier molecular flexibility index (Phi) is 5.06. The molecule has 0 aliphatic heterocycles. The van der Waals surface area contributed by atoms with Gasteiger partial charge in [-0.25, -0.2) is 0 Å². The fourth-order valence-corrected chi connectivity index (χ4v) is 4.42. The predicted molar refractivity (Wildman–Crippen MR) is 79.3 cm³/mol. The summed E-state index contributed by atoms with van der Waals surface area (Å²) in [5.74, 6) is -0.0753. The van der Waals surface area contributed by atoms with Crippen LogP contribution in [0.1, 0.15) is 0 Å². The van der Waals surface area contributed by atoms with Crippen LogP contribution in [-0.2, 0) is 10.1 Å². The van der Waals surface area contributed by atoms with Gasteiger partial charge in [0.05, 0.1) is 15.2 Å². The topological polar surface area (TPSA) is 52.6 Å². The summed E-state index contributed by atoms with van der Waals surface area (Å²) in [7, 11) is -6.60. The molecule has 1 aromatic carbocycles. The summed E-state index contributed by atoms with van der Waals surface area (Å²) >= 11 is 3.09. The monoisotopic (exact) mass is 406 g/mol. The van der Waals surface area contributed by atoms with Crippen LogP contribution in [0, 0.1) is 0 Å². The van der Waals surface area contributed by atoms with Gasteiger partial charge in [0.25, 0.3) is 0 Å². The molecular weight excluding hydrogens is 393 g/mol. The smallest absolute Gasteiger partial charge is 0.497 e. The second kappa shape index (κ2) is 5.80. The molecule has 0 aromatic heterocycles. The number of benzene rings is 1. The van der Waals surface area contributed by atoms with Gasteiger partial charge >= 0.3 is 15.6 Å². The molecule has 0 aliphatic carbocycles. The lowest BCUT2D eigenvalue weighted by atomic mass is 10.3. The number of methoxy groups -OCH3 is 1. The first-order valence-corrected chi connectivity index (χ1v) is 11.4. The molecule has 0 bridgehead atoms. The van der Waals surface area contributed by atoms with Crippen LogP contribution in [0.15, 0.2) is 16.6 Å². The van der Waals surface area contributed by atoms with Crippen molar-refractivity contribution in [3.8, 4) is 11.5 Å². The summed E-state index contributed by atoms with van der Waals surface area (Å²) in [6.07, 6.45) is 0. The minimum Gasteiger partial charge on any atom is -0.497 e. The molecule has 0 saturated carbocycles. The molecule has 0 N–H and O–H groups in total. The van der Waals surface area contributed by atoms with Gasteiger partial charge in [-0.1, -0.05) is 35.6 Å². The van der Waals surface area contributed by atoms with E-state index in [-0.39, 0.29) is 11.5 Å². The van der Waals surface area contributed by atoms with Gasteiger partial charge < -0.3 is 8.92 Å². The lowest BCUT2D eigenvalue weighted by molar-refractivity contribution is -0.0499. The first kappa shape index (κ1) is 18.3. The van der Waals surface area contributed by atoms with E-state index in [0.717, 1.165) is 0 Å². The fraction of sp³-hybridized carbons (Fsp3) is 0.455. The van der Waals surface area contributed by atoms with Crippen LogP contribution in [0.3, 0.4) is 0 Å². The highest BCUT2D eigenvalue weighted by Crippen LogP contribution is 2.32. The quantitative estimate of drug-likeness (QED) is 0.437. The summed E-state index contributed by atoms with van der Waals surface area (Å²) in [4.78, 5) is 0. The molecule has 120 valence electrons. The van der Waals surface area contributed by atoms with Crippen molar-refractivity contribution in [2.45, 2.75) is 25.1 Å². The standard InChI is InChI=1S/C11H14BrF3O4SSi/c1-18-8-5-7(12)6-9(10(8)21(2,3)4)19-20(16,17)11(13,14)15/h5-6H,1-4H3. The molecule has 0 radical (unpaired) electrons. The molecular formula is C11H14BrF3O4SSi. The molecule has 0 amide bonds. The van der Waals surface area contributed by atoms with Gasteiger partial charge in [0.2, 0.25) is 0 Å². The van der Waals surface area contributed by atoms with Crippen LogP contribution in [-0.4, -0.2) is 29.1 Å². The minimum atomic E-state index is -5.73. The largest absolute Gasteiger partial charge is 0.534 e. The Bertz CT molecular complexity index is 638. The highest BCUT2D eigenvalue weighted by atomic mass is 79.9. The highest BCUT2D eigenvalue weighted by molar-refractivity contribution is 9.10. The van der Waals surface area contributed by atoms with Gasteiger partial charge in [0.15, 0.2) is 0 Å². The number of ether oxygens (including phenoxy) is 1. The first-order chi connectivity index (χ1) is 9.29. The Hall–Kier alpha value is -0.743. The summed E-state index contributed by atoms with van der Waals surface area (Å²) < 4.78 is 69.7. The zero-order valence-electron chi connectivity index (χ0n) is 11.7. The van der Waals surface area contributed by atoms with E-state index in [0.29, 0.717) is 9.66 Å². The number of rotatable bonds is 4. The molecule has 0 fully saturated rings. The Morgan fingerprint density at radius 3 is 2.00 bits per heavy atom. The third-order valence-corrected chi connectivity index (χ3v) is 5.90. The molecule has 0 aliphatic rings. The van der Waals surface area contributed by atoms with Crippen molar-refractivity contribution >= 4 is 39.3 Å². The molecule has 1 aromatic rings. The lowest BCUT2D eigenvalue weighted by Crippen LogP contribution is -2.41. The lowest BCUT2D eigenvalue weighted by Gasteiger charge is -2.24. The van der Waals surface area contributed by atoms with Gasteiger partial charge in [-0.15, -0.1) is 0 Å². The molecule has 4 nitrogen and oxygen atoms in total. The normalized spacial score (nSPS) is 13.1. The zero-order chi connectivity index (χ0) is 16.6. The summed E-state index contributed by atoms with van der Waals surface area (Å²) in [5.41, 5.74) is -5.49. The second-order valence-corrected chi connectivity index (χ2v) is 12.7. The molecule has 0 saturated heterocycles. The maximum atomic E-state index is 12.5. The van der Waals surface area contributed by atoms with Crippen molar-refractivity contribution < 1.29 is 30.5 Å². The number of alkyl halides is 3. The molecule has 21 heavy (non-hydrogen) atoms. The van der Waals surface area contributed by atoms with Gasteiger partial charge in [-0.3, -0.25) is 0 Å². The maximum Gasteiger partial charge on any atom is 0.534 e. The van der Waals surface area contributed by atoms with Crippen molar-refractivity contribution in [3.05, 3.63) is 16.6 Å². The van der Waals surface area contributed by atoms with Crippen molar-refractivity contribution in [2.24, 2.45) is 0 Å². The molecule has 0 atom stereocenters. The minimum absolute atomic E-state index is 0.288. The van der Waals surface area contributed by atoms with E-state index in [1.165, 1.54) is 13.2 Å². The van der Waals surface area contributed by atoms with E-state index in [1.54, 1.807) is 6.07 Å². The van der Waals surface area contributed by atoms with Crippen LogP contribution in [0.25, 0.3) is 0 Å². The van der Waals surface area contributed by atoms with Crippen LogP contribution in [0.4, 0.5) is 13.2 Å². The van der Waals surface area contributed by atoms with E-state index in [2.05, 4.69) is 20.1 Å². The fourth-order valence-electron chi connectivity index (χ4n) is 1.69. The summed E-state index contributed by atoms with van der Waals surface area (Å²) in [6.45, 7) is 5.52. The average molecular weight is 407 g/mol. The number of hydrogen-bond donors (Lipinski definition) is 0. The van der Waals surface area contributed by atoms with E-state index < -0.39 is 23.7 Å². The van der Waals surface area contributed by atoms with E-state index in [4.69, 9.17) is 4.74 Å². The molecule has 1 rings (SSSR count). The highest BCUT2D eigenvalue weighted by Gasteiger charge is 2.49. The van der Waals surface area contributed by atoms with Gasteiger partial charge in [-0.2, -0.15) is 21.6 Å². The number of halogens is 4. The first-order valence-electron chi connectivity index (χ1n) is 5.68. The van der Waals surface area contributed by atoms with Gasteiger partial charge in [-0.05, 0) is 12.1 Å². The third kappa shape index (κ3) is 4.13. The Morgan fingerprint density at radius 2 is 1.62 bits per heavy atom. The van der Waals surface area contributed by atoms with Crippen molar-refractivity contribution in [2.75, 3.05) is 7.11 Å². The van der Waals surface area contributed by atoms with E-state index in [9.17, 15) is 21.6 Å². The predicted octanol–water partition coefficient (Wildman–Crippen LogP) is 3.23. The molecule has 0 spiro atoms. The SMILES string of the molecule is COc1cc(Br)cc(OS(=O)(=O)C(F)(F)F)c1[Si](C)(C)C. The van der Waals surface area contributed by atoms with Crippen molar-refractivity contribution in [1.82, 2.24) is 0 Å². The Balaban J connectivity index is 3.53. The third-order valence-electron chi connectivity index (χ3n) is 2.48. The van der Waals surface area contributed by atoms with Crippen molar-refractivity contribution in [1.29, 1.82) is 0 Å². The molecule has 0 unspecified atom stereocenters. The molecule has 0 heterocycles. The Labute approximate surface area is 130 Å². The van der Waals surface area contributed by atoms with Crippen LogP contribution in [0.5, 0.6) is 11.5 Å². The average Bonchev–Trinajstić information content (AvgIpc) is 2.23. The van der Waals surface area contributed by atoms with E-state index in [1.807, 2.05) is 19.6 Å². The van der Waals surface area contributed by atoms with Gasteiger partial charge in [0.1, 0.15) is 11.5 Å². The molecule has 10 heteroatoms. The van der Waals surface area contributed by atoms with Crippen molar-refractivity contribution in [3.63, 3.8) is 0 Å². The summed E-state index contributed by atoms with van der Waals surface area (Å²) in [5, 5.41) is 0.362. The summed E-state index contributed by atoms with van der Waals surface area (Å²) in [6, 6.07) is 2.75. The second-order valence-electron chi connectivity index (χ2n) is 5.21. The number of hydrogen-bond acceptors (Lipinski definition) is 4. The van der Waals surface area contributed by atoms with Gasteiger partial charge in [0, 0.05) is 9.66 Å². The van der Waals surface area contributed by atoms with E-state index >= 15 is 0 Å². The van der Waals surface area contributed by atoms with Crippen LogP contribution >= 0.6 is 15.9 Å². The zero-order valence-corrected chi connectivity index (χ0v) is 15.1. The van der Waals surface area contributed by atoms with Crippen LogP contribution in [0.2, 0.25) is 19.6 Å². The maximum absolute atomic E-state index is 12.5.